The minimum absolute atomic E-state index is 0.164. The summed E-state index contributed by atoms with van der Waals surface area (Å²) in [6, 6.07) is 9.58. The van der Waals surface area contributed by atoms with Gasteiger partial charge in [0.25, 0.3) is 0 Å². The Labute approximate surface area is 171 Å². The average Bonchev–Trinajstić information content (AvgIpc) is 3.24. The van der Waals surface area contributed by atoms with Gasteiger partial charge < -0.3 is 15.4 Å². The van der Waals surface area contributed by atoms with Crippen molar-refractivity contribution in [3.8, 4) is 0 Å². The van der Waals surface area contributed by atoms with Crippen LogP contribution in [0.2, 0.25) is 5.02 Å². The molecule has 150 valence electrons. The number of ether oxygens (including phenoxy) is 1. The van der Waals surface area contributed by atoms with E-state index in [1.54, 1.807) is 0 Å². The van der Waals surface area contributed by atoms with E-state index in [1.807, 2.05) is 37.3 Å². The summed E-state index contributed by atoms with van der Waals surface area (Å²) in [7, 11) is 0. The molecule has 2 aliphatic heterocycles. The molecule has 2 aromatic rings. The molecule has 0 saturated carbocycles. The largest absolute Gasteiger partial charge is 0.381 e. The van der Waals surface area contributed by atoms with E-state index in [1.165, 1.54) is 25.9 Å². The standard InChI is InChI=1S/C21H28ClN5O/c1-16-24-19(14-20(25-16)26-18-6-4-17(22)5-7-18)23-15-21(8-12-28-13-9-21)27-10-2-3-11-27/h4-7,14H,2-3,8-13,15H2,1H3,(H2,23,24,25,26). The van der Waals surface area contributed by atoms with Gasteiger partial charge in [0, 0.05) is 42.1 Å². The maximum absolute atomic E-state index is 5.97. The molecule has 1 aromatic heterocycles. The van der Waals surface area contributed by atoms with Crippen LogP contribution < -0.4 is 10.6 Å². The lowest BCUT2D eigenvalue weighted by Gasteiger charge is -2.44. The molecule has 0 atom stereocenters. The Morgan fingerprint density at radius 3 is 2.46 bits per heavy atom. The number of likely N-dealkylation sites (tertiary alicyclic amines) is 1. The van der Waals surface area contributed by atoms with Crippen LogP contribution in [-0.4, -0.2) is 53.3 Å². The van der Waals surface area contributed by atoms with Crippen molar-refractivity contribution in [2.24, 2.45) is 0 Å². The van der Waals surface area contributed by atoms with Crippen molar-refractivity contribution in [1.29, 1.82) is 0 Å². The molecule has 0 aliphatic carbocycles. The fourth-order valence-corrected chi connectivity index (χ4v) is 4.33. The lowest BCUT2D eigenvalue weighted by Crippen LogP contribution is -2.55. The highest BCUT2D eigenvalue weighted by atomic mass is 35.5. The number of benzene rings is 1. The van der Waals surface area contributed by atoms with E-state index < -0.39 is 0 Å². The van der Waals surface area contributed by atoms with Gasteiger partial charge in [-0.05, 0) is 70.0 Å². The second-order valence-electron chi connectivity index (χ2n) is 7.70. The van der Waals surface area contributed by atoms with Gasteiger partial charge in [-0.1, -0.05) is 11.6 Å². The number of hydrogen-bond donors (Lipinski definition) is 2. The maximum Gasteiger partial charge on any atom is 0.136 e. The molecule has 4 rings (SSSR count). The molecule has 0 unspecified atom stereocenters. The van der Waals surface area contributed by atoms with E-state index in [0.29, 0.717) is 0 Å². The number of hydrogen-bond acceptors (Lipinski definition) is 6. The highest BCUT2D eigenvalue weighted by molar-refractivity contribution is 6.30. The SMILES string of the molecule is Cc1nc(NCC2(N3CCCC3)CCOCC2)cc(Nc2ccc(Cl)cc2)n1. The Morgan fingerprint density at radius 1 is 1.07 bits per heavy atom. The van der Waals surface area contributed by atoms with Crippen LogP contribution in [0.3, 0.4) is 0 Å². The Morgan fingerprint density at radius 2 is 1.75 bits per heavy atom. The van der Waals surface area contributed by atoms with Crippen LogP contribution in [-0.2, 0) is 4.74 Å². The van der Waals surface area contributed by atoms with Crippen LogP contribution >= 0.6 is 11.6 Å². The van der Waals surface area contributed by atoms with Crippen molar-refractivity contribution in [1.82, 2.24) is 14.9 Å². The predicted octanol–water partition coefficient (Wildman–Crippen LogP) is 4.24. The van der Waals surface area contributed by atoms with Gasteiger partial charge in [0.2, 0.25) is 0 Å². The summed E-state index contributed by atoms with van der Waals surface area (Å²) in [5, 5.41) is 7.65. The first-order chi connectivity index (χ1) is 13.6. The molecular formula is C21H28ClN5O. The number of aryl methyl sites for hydroxylation is 1. The fraction of sp³-hybridized carbons (Fsp3) is 0.524. The average molecular weight is 402 g/mol. The summed E-state index contributed by atoms with van der Waals surface area (Å²) in [6.45, 7) is 6.85. The van der Waals surface area contributed by atoms with Crippen LogP contribution in [0, 0.1) is 6.92 Å². The molecular weight excluding hydrogens is 374 g/mol. The molecule has 0 amide bonds. The van der Waals surface area contributed by atoms with Crippen molar-refractivity contribution >= 4 is 28.9 Å². The molecule has 0 spiro atoms. The van der Waals surface area contributed by atoms with Gasteiger partial charge in [0.15, 0.2) is 0 Å². The zero-order valence-corrected chi connectivity index (χ0v) is 17.1. The van der Waals surface area contributed by atoms with Crippen LogP contribution in [0.25, 0.3) is 0 Å². The molecule has 2 fully saturated rings. The molecule has 2 N–H and O–H groups in total. The summed E-state index contributed by atoms with van der Waals surface area (Å²) >= 11 is 5.97. The van der Waals surface area contributed by atoms with E-state index in [-0.39, 0.29) is 5.54 Å². The van der Waals surface area contributed by atoms with Crippen molar-refractivity contribution in [3.05, 3.63) is 41.2 Å². The Bertz CT molecular complexity index is 786. The first-order valence-corrected chi connectivity index (χ1v) is 10.5. The Kier molecular flexibility index (Phi) is 5.99. The number of rotatable bonds is 6. The lowest BCUT2D eigenvalue weighted by atomic mass is 9.88. The highest BCUT2D eigenvalue weighted by Gasteiger charge is 2.39. The number of halogens is 1. The molecule has 0 bridgehead atoms. The molecule has 3 heterocycles. The fourth-order valence-electron chi connectivity index (χ4n) is 4.21. The third-order valence-electron chi connectivity index (χ3n) is 5.75. The lowest BCUT2D eigenvalue weighted by molar-refractivity contribution is -0.0119. The van der Waals surface area contributed by atoms with Crippen LogP contribution in [0.15, 0.2) is 30.3 Å². The smallest absolute Gasteiger partial charge is 0.136 e. The number of nitrogens with zero attached hydrogens (tertiary/aromatic N) is 3. The summed E-state index contributed by atoms with van der Waals surface area (Å²) in [4.78, 5) is 11.8. The summed E-state index contributed by atoms with van der Waals surface area (Å²) in [6.07, 6.45) is 4.73. The van der Waals surface area contributed by atoms with E-state index in [0.717, 1.165) is 60.8 Å². The number of nitrogens with one attached hydrogen (secondary N) is 2. The van der Waals surface area contributed by atoms with Crippen molar-refractivity contribution < 1.29 is 4.74 Å². The van der Waals surface area contributed by atoms with Gasteiger partial charge in [0.1, 0.15) is 17.5 Å². The molecule has 2 aliphatic rings. The van der Waals surface area contributed by atoms with E-state index in [9.17, 15) is 0 Å². The molecule has 28 heavy (non-hydrogen) atoms. The number of aromatic nitrogens is 2. The monoisotopic (exact) mass is 401 g/mol. The second-order valence-corrected chi connectivity index (χ2v) is 8.14. The van der Waals surface area contributed by atoms with Crippen molar-refractivity contribution in [3.63, 3.8) is 0 Å². The van der Waals surface area contributed by atoms with E-state index in [4.69, 9.17) is 16.3 Å². The van der Waals surface area contributed by atoms with Crippen molar-refractivity contribution in [2.45, 2.75) is 38.1 Å². The molecule has 0 radical (unpaired) electrons. The maximum atomic E-state index is 5.97. The van der Waals surface area contributed by atoms with Crippen molar-refractivity contribution in [2.75, 3.05) is 43.5 Å². The summed E-state index contributed by atoms with van der Waals surface area (Å²) in [5.41, 5.74) is 1.11. The first-order valence-electron chi connectivity index (χ1n) is 10.1. The normalized spacial score (nSPS) is 19.5. The van der Waals surface area contributed by atoms with Gasteiger partial charge >= 0.3 is 0 Å². The van der Waals surface area contributed by atoms with Gasteiger partial charge in [-0.2, -0.15) is 0 Å². The molecule has 7 heteroatoms. The molecule has 1 aromatic carbocycles. The number of anilines is 3. The minimum Gasteiger partial charge on any atom is -0.381 e. The highest BCUT2D eigenvalue weighted by Crippen LogP contribution is 2.32. The van der Waals surface area contributed by atoms with E-state index in [2.05, 4.69) is 25.5 Å². The predicted molar refractivity (Wildman–Crippen MR) is 114 cm³/mol. The Hall–Kier alpha value is -1.89. The van der Waals surface area contributed by atoms with Gasteiger partial charge in [0.05, 0.1) is 0 Å². The topological polar surface area (TPSA) is 62.3 Å². The van der Waals surface area contributed by atoms with E-state index >= 15 is 0 Å². The van der Waals surface area contributed by atoms with Crippen LogP contribution in [0.4, 0.5) is 17.3 Å². The Balaban J connectivity index is 1.47. The van der Waals surface area contributed by atoms with Crippen LogP contribution in [0.1, 0.15) is 31.5 Å². The first kappa shape index (κ1) is 19.4. The molecule has 2 saturated heterocycles. The molecule has 6 nitrogen and oxygen atoms in total. The third kappa shape index (κ3) is 4.57. The zero-order valence-electron chi connectivity index (χ0n) is 16.4. The van der Waals surface area contributed by atoms with Gasteiger partial charge in [-0.25, -0.2) is 9.97 Å². The summed E-state index contributed by atoms with van der Waals surface area (Å²) < 4.78 is 5.65. The third-order valence-corrected chi connectivity index (χ3v) is 6.01. The van der Waals surface area contributed by atoms with Gasteiger partial charge in [-0.3, -0.25) is 4.90 Å². The zero-order chi connectivity index (χ0) is 19.4. The summed E-state index contributed by atoms with van der Waals surface area (Å²) in [5.74, 6) is 2.37. The minimum atomic E-state index is 0.164. The van der Waals surface area contributed by atoms with Gasteiger partial charge in [-0.15, -0.1) is 0 Å². The van der Waals surface area contributed by atoms with Crippen LogP contribution in [0.5, 0.6) is 0 Å². The second kappa shape index (κ2) is 8.64. The quantitative estimate of drug-likeness (QED) is 0.754.